The molecule has 2 heterocycles. The van der Waals surface area contributed by atoms with Crippen LogP contribution < -0.4 is 25.0 Å². The first-order valence-electron chi connectivity index (χ1n) is 10.1. The Hall–Kier alpha value is -1.95. The van der Waals surface area contributed by atoms with Crippen molar-refractivity contribution in [1.29, 1.82) is 0 Å². The molecular weight excluding hydrogens is 342 g/mol. The third kappa shape index (κ3) is 5.28. The average molecular weight is 376 g/mol. The Bertz CT molecular complexity index is 609. The largest absolute Gasteiger partial charge is 0.497 e. The van der Waals surface area contributed by atoms with Crippen molar-refractivity contribution in [2.24, 2.45) is 11.8 Å². The highest BCUT2D eigenvalue weighted by atomic mass is 16.5. The molecule has 27 heavy (non-hydrogen) atoms. The minimum Gasteiger partial charge on any atom is -0.497 e. The van der Waals surface area contributed by atoms with Gasteiger partial charge in [-0.25, -0.2) is 0 Å². The first-order valence-corrected chi connectivity index (χ1v) is 10.1. The van der Waals surface area contributed by atoms with Crippen molar-refractivity contribution in [2.75, 3.05) is 45.3 Å². The second kappa shape index (κ2) is 9.31. The number of methoxy groups -OCH3 is 2. The number of amides is 1. The molecule has 2 fully saturated rings. The van der Waals surface area contributed by atoms with E-state index in [4.69, 9.17) is 9.47 Å². The molecule has 0 bridgehead atoms. The summed E-state index contributed by atoms with van der Waals surface area (Å²) in [5.74, 6) is 2.88. The molecule has 2 N–H and O–H groups in total. The van der Waals surface area contributed by atoms with Crippen LogP contribution in [0.2, 0.25) is 0 Å². The molecule has 2 aliphatic rings. The van der Waals surface area contributed by atoms with Crippen LogP contribution in [0.1, 0.15) is 32.6 Å². The Morgan fingerprint density at radius 3 is 2.48 bits per heavy atom. The average Bonchev–Trinajstić information content (AvgIpc) is 3.16. The fourth-order valence-electron chi connectivity index (χ4n) is 4.25. The van der Waals surface area contributed by atoms with Gasteiger partial charge in [0.05, 0.1) is 14.2 Å². The number of hydrogen-bond acceptors (Lipinski definition) is 5. The van der Waals surface area contributed by atoms with E-state index >= 15 is 0 Å². The molecule has 3 rings (SSSR count). The van der Waals surface area contributed by atoms with Crippen molar-refractivity contribution < 1.29 is 14.3 Å². The zero-order chi connectivity index (χ0) is 19.2. The van der Waals surface area contributed by atoms with Gasteiger partial charge in [0.15, 0.2) is 0 Å². The summed E-state index contributed by atoms with van der Waals surface area (Å²) in [6.07, 6.45) is 3.97. The molecule has 2 unspecified atom stereocenters. The lowest BCUT2D eigenvalue weighted by molar-refractivity contribution is -0.122. The summed E-state index contributed by atoms with van der Waals surface area (Å²) >= 11 is 0. The van der Waals surface area contributed by atoms with Crippen LogP contribution in [0.5, 0.6) is 11.5 Å². The zero-order valence-electron chi connectivity index (χ0n) is 16.8. The quantitative estimate of drug-likeness (QED) is 0.766. The molecule has 2 saturated heterocycles. The highest BCUT2D eigenvalue weighted by molar-refractivity contribution is 5.76. The summed E-state index contributed by atoms with van der Waals surface area (Å²) in [7, 11) is 3.32. The van der Waals surface area contributed by atoms with Gasteiger partial charge in [0, 0.05) is 49.4 Å². The van der Waals surface area contributed by atoms with Gasteiger partial charge in [-0.3, -0.25) is 4.79 Å². The van der Waals surface area contributed by atoms with Gasteiger partial charge in [-0.2, -0.15) is 0 Å². The van der Waals surface area contributed by atoms with Gasteiger partial charge in [0.2, 0.25) is 5.91 Å². The number of nitrogens with one attached hydrogen (secondary N) is 2. The molecule has 1 aromatic carbocycles. The number of nitrogens with zero attached hydrogens (tertiary/aromatic N) is 1. The molecule has 150 valence electrons. The topological polar surface area (TPSA) is 62.8 Å². The maximum Gasteiger partial charge on any atom is 0.220 e. The van der Waals surface area contributed by atoms with Gasteiger partial charge in [-0.15, -0.1) is 0 Å². The van der Waals surface area contributed by atoms with Crippen molar-refractivity contribution in [3.05, 3.63) is 18.2 Å². The molecule has 1 amide bonds. The van der Waals surface area contributed by atoms with Gasteiger partial charge >= 0.3 is 0 Å². The van der Waals surface area contributed by atoms with Crippen molar-refractivity contribution in [1.82, 2.24) is 10.6 Å². The number of piperidine rings is 1. The minimum atomic E-state index is 0.191. The number of carbonyl (C=O) groups excluding carboxylic acids is 1. The van der Waals surface area contributed by atoms with E-state index in [1.807, 2.05) is 18.2 Å². The lowest BCUT2D eigenvalue weighted by atomic mass is 9.84. The molecule has 0 aliphatic carbocycles. The van der Waals surface area contributed by atoms with Crippen LogP contribution in [0, 0.1) is 11.8 Å². The molecule has 0 aromatic heterocycles. The summed E-state index contributed by atoms with van der Waals surface area (Å²) < 4.78 is 10.7. The molecule has 0 spiro atoms. The monoisotopic (exact) mass is 375 g/mol. The maximum atomic E-state index is 12.5. The maximum absolute atomic E-state index is 12.5. The molecule has 1 aromatic rings. The van der Waals surface area contributed by atoms with Crippen LogP contribution in [0.25, 0.3) is 0 Å². The van der Waals surface area contributed by atoms with E-state index in [0.717, 1.165) is 49.8 Å². The fraction of sp³-hybridized carbons (Fsp3) is 0.667. The molecule has 2 aliphatic heterocycles. The molecule has 6 nitrogen and oxygen atoms in total. The zero-order valence-corrected chi connectivity index (χ0v) is 16.8. The first-order chi connectivity index (χ1) is 13.1. The number of anilines is 1. The van der Waals surface area contributed by atoms with Crippen molar-refractivity contribution in [3.63, 3.8) is 0 Å². The summed E-state index contributed by atoms with van der Waals surface area (Å²) in [6, 6.07) is 6.12. The third-order valence-corrected chi connectivity index (χ3v) is 5.95. The van der Waals surface area contributed by atoms with Crippen LogP contribution in [0.15, 0.2) is 18.2 Å². The Morgan fingerprint density at radius 2 is 1.85 bits per heavy atom. The summed E-state index contributed by atoms with van der Waals surface area (Å²) in [4.78, 5) is 14.8. The number of ether oxygens (including phenoxy) is 2. The van der Waals surface area contributed by atoms with E-state index in [1.165, 1.54) is 12.8 Å². The SMILES string of the molecule is COc1cc(OC)cc(N2CCC(NC(=O)CC(C)C3CCNCC3)C2)c1. The number of benzene rings is 1. The van der Waals surface area contributed by atoms with Gasteiger partial charge < -0.3 is 25.0 Å². The van der Waals surface area contributed by atoms with E-state index < -0.39 is 0 Å². The molecule has 2 atom stereocenters. The minimum absolute atomic E-state index is 0.191. The number of rotatable bonds is 7. The second-order valence-electron chi connectivity index (χ2n) is 7.84. The van der Waals surface area contributed by atoms with E-state index in [1.54, 1.807) is 14.2 Å². The van der Waals surface area contributed by atoms with Crippen molar-refractivity contribution in [3.8, 4) is 11.5 Å². The standard InChI is InChI=1S/C21H33N3O3/c1-15(16-4-7-22-8-5-16)10-21(25)23-17-6-9-24(14-17)18-11-19(26-2)13-20(12-18)27-3/h11-13,15-17,22H,4-10,14H2,1-3H3,(H,23,25). The lowest BCUT2D eigenvalue weighted by Crippen LogP contribution is -2.39. The normalized spacial score (nSPS) is 21.7. The Morgan fingerprint density at radius 1 is 1.19 bits per heavy atom. The predicted octanol–water partition coefficient (Wildman–Crippen LogP) is 2.42. The molecule has 0 radical (unpaired) electrons. The van der Waals surface area contributed by atoms with Gasteiger partial charge in [0.25, 0.3) is 0 Å². The Balaban J connectivity index is 1.51. The fourth-order valence-corrected chi connectivity index (χ4v) is 4.25. The van der Waals surface area contributed by atoms with Crippen molar-refractivity contribution in [2.45, 2.75) is 38.6 Å². The van der Waals surface area contributed by atoms with E-state index in [2.05, 4.69) is 22.5 Å². The molecular formula is C21H33N3O3. The molecule has 0 saturated carbocycles. The Labute approximate surface area is 162 Å². The van der Waals surface area contributed by atoms with Crippen LogP contribution in [-0.4, -0.2) is 52.3 Å². The van der Waals surface area contributed by atoms with Gasteiger partial charge in [0.1, 0.15) is 11.5 Å². The molecule has 6 heteroatoms. The smallest absolute Gasteiger partial charge is 0.220 e. The van der Waals surface area contributed by atoms with Crippen LogP contribution in [0.3, 0.4) is 0 Å². The van der Waals surface area contributed by atoms with E-state index in [-0.39, 0.29) is 11.9 Å². The van der Waals surface area contributed by atoms with Crippen LogP contribution in [0.4, 0.5) is 5.69 Å². The summed E-state index contributed by atoms with van der Waals surface area (Å²) in [5, 5.41) is 6.64. The highest BCUT2D eigenvalue weighted by Crippen LogP contribution is 2.30. The van der Waals surface area contributed by atoms with Crippen molar-refractivity contribution >= 4 is 11.6 Å². The van der Waals surface area contributed by atoms with Crippen LogP contribution in [-0.2, 0) is 4.79 Å². The van der Waals surface area contributed by atoms with E-state index in [9.17, 15) is 4.79 Å². The Kier molecular flexibility index (Phi) is 6.83. The number of carbonyl (C=O) groups is 1. The van der Waals surface area contributed by atoms with Crippen LogP contribution >= 0.6 is 0 Å². The summed E-state index contributed by atoms with van der Waals surface area (Å²) in [5.41, 5.74) is 1.08. The second-order valence-corrected chi connectivity index (χ2v) is 7.84. The van der Waals surface area contributed by atoms with Gasteiger partial charge in [-0.1, -0.05) is 6.92 Å². The van der Waals surface area contributed by atoms with Gasteiger partial charge in [-0.05, 0) is 44.2 Å². The first kappa shape index (κ1) is 19.8. The van der Waals surface area contributed by atoms with E-state index in [0.29, 0.717) is 18.3 Å². The highest BCUT2D eigenvalue weighted by Gasteiger charge is 2.27. The predicted molar refractivity (Wildman–Crippen MR) is 108 cm³/mol. The third-order valence-electron chi connectivity index (χ3n) is 5.95. The number of hydrogen-bond donors (Lipinski definition) is 2. The lowest BCUT2D eigenvalue weighted by Gasteiger charge is -2.28. The summed E-state index contributed by atoms with van der Waals surface area (Å²) in [6.45, 7) is 6.13.